The normalized spacial score (nSPS) is 15.6. The first kappa shape index (κ1) is 19.7. The van der Waals surface area contributed by atoms with E-state index in [9.17, 15) is 23.9 Å². The van der Waals surface area contributed by atoms with Gasteiger partial charge in [0.25, 0.3) is 5.91 Å². The molecule has 146 valence electrons. The maximum absolute atomic E-state index is 13.1. The average molecular weight is 385 g/mol. The van der Waals surface area contributed by atoms with E-state index >= 15 is 0 Å². The number of benzene rings is 2. The summed E-state index contributed by atoms with van der Waals surface area (Å²) >= 11 is 0. The predicted molar refractivity (Wildman–Crippen MR) is 98.7 cm³/mol. The summed E-state index contributed by atoms with van der Waals surface area (Å²) in [7, 11) is 0. The summed E-state index contributed by atoms with van der Waals surface area (Å²) in [5.41, 5.74) is -0.510. The van der Waals surface area contributed by atoms with Gasteiger partial charge < -0.3 is 15.2 Å². The minimum Gasteiger partial charge on any atom is -0.481 e. The lowest BCUT2D eigenvalue weighted by Crippen LogP contribution is -2.46. The molecule has 0 aliphatic carbocycles. The molecule has 1 aliphatic heterocycles. The molecule has 2 N–H and O–H groups in total. The molecule has 1 saturated heterocycles. The summed E-state index contributed by atoms with van der Waals surface area (Å²) in [5, 5.41) is 12.3. The molecule has 0 radical (unpaired) electrons. The van der Waals surface area contributed by atoms with Gasteiger partial charge in [0.1, 0.15) is 5.82 Å². The van der Waals surface area contributed by atoms with Gasteiger partial charge in [-0.2, -0.15) is 0 Å². The monoisotopic (exact) mass is 385 g/mol. The topological polar surface area (TPSA) is 92.7 Å². The highest BCUT2D eigenvalue weighted by molar-refractivity contribution is 6.15. The van der Waals surface area contributed by atoms with Crippen LogP contribution in [-0.4, -0.2) is 42.5 Å². The first-order chi connectivity index (χ1) is 13.4. The van der Waals surface area contributed by atoms with Crippen LogP contribution in [0.15, 0.2) is 48.5 Å². The zero-order valence-corrected chi connectivity index (χ0v) is 15.1. The standard InChI is InChI=1S/C21H20FNO5/c22-15-7-5-14(6-8-15)18(24)16-3-1-2-4-17(16)19(25)23-13-21(20(26)27)9-11-28-12-10-21/h1-8H,9-13H2,(H,23,25)(H,26,27). The predicted octanol–water partition coefficient (Wildman–Crippen LogP) is 2.67. The van der Waals surface area contributed by atoms with Crippen LogP contribution in [0.3, 0.4) is 0 Å². The van der Waals surface area contributed by atoms with Crippen molar-refractivity contribution in [3.8, 4) is 0 Å². The fourth-order valence-electron chi connectivity index (χ4n) is 3.21. The molecule has 7 heteroatoms. The largest absolute Gasteiger partial charge is 0.481 e. The van der Waals surface area contributed by atoms with E-state index in [0.717, 1.165) is 0 Å². The van der Waals surface area contributed by atoms with Crippen molar-refractivity contribution in [3.63, 3.8) is 0 Å². The minimum absolute atomic E-state index is 0.0520. The number of carbonyl (C=O) groups excluding carboxylic acids is 2. The summed E-state index contributed by atoms with van der Waals surface area (Å²) in [6.07, 6.45) is 0.609. The van der Waals surface area contributed by atoms with Crippen LogP contribution >= 0.6 is 0 Å². The van der Waals surface area contributed by atoms with Crippen LogP contribution in [0.1, 0.15) is 39.1 Å². The highest BCUT2D eigenvalue weighted by Gasteiger charge is 2.40. The number of halogens is 1. The van der Waals surface area contributed by atoms with Gasteiger partial charge in [0, 0.05) is 30.9 Å². The molecular weight excluding hydrogens is 365 g/mol. The third kappa shape index (κ3) is 4.09. The lowest BCUT2D eigenvalue weighted by atomic mass is 9.80. The minimum atomic E-state index is -1.08. The summed E-state index contributed by atoms with van der Waals surface area (Å²) in [6, 6.07) is 11.3. The Hall–Kier alpha value is -3.06. The third-order valence-electron chi connectivity index (χ3n) is 5.01. The number of ketones is 1. The number of carbonyl (C=O) groups is 3. The third-order valence-corrected chi connectivity index (χ3v) is 5.01. The van der Waals surface area contributed by atoms with Crippen LogP contribution in [0, 0.1) is 11.2 Å². The Bertz CT molecular complexity index is 888. The van der Waals surface area contributed by atoms with Gasteiger partial charge in [0.15, 0.2) is 5.78 Å². The molecule has 2 aromatic rings. The van der Waals surface area contributed by atoms with Crippen molar-refractivity contribution in [2.75, 3.05) is 19.8 Å². The summed E-state index contributed by atoms with van der Waals surface area (Å²) in [5.74, 6) is -2.38. The fraction of sp³-hybridized carbons (Fsp3) is 0.286. The SMILES string of the molecule is O=C(NCC1(C(=O)O)CCOCC1)c1ccccc1C(=O)c1ccc(F)cc1. The smallest absolute Gasteiger partial charge is 0.311 e. The van der Waals surface area contributed by atoms with Crippen molar-refractivity contribution in [3.05, 3.63) is 71.0 Å². The highest BCUT2D eigenvalue weighted by Crippen LogP contribution is 2.30. The van der Waals surface area contributed by atoms with Crippen LogP contribution in [-0.2, 0) is 9.53 Å². The van der Waals surface area contributed by atoms with E-state index in [-0.39, 0.29) is 23.2 Å². The second-order valence-corrected chi connectivity index (χ2v) is 6.76. The van der Waals surface area contributed by atoms with Gasteiger partial charge in [0.2, 0.25) is 0 Å². The van der Waals surface area contributed by atoms with Crippen molar-refractivity contribution in [1.29, 1.82) is 0 Å². The Morgan fingerprint density at radius 1 is 1.00 bits per heavy atom. The molecule has 0 spiro atoms. The first-order valence-corrected chi connectivity index (χ1v) is 8.92. The van der Waals surface area contributed by atoms with Crippen LogP contribution in [0.2, 0.25) is 0 Å². The zero-order chi connectivity index (χ0) is 20.1. The van der Waals surface area contributed by atoms with Crippen molar-refractivity contribution in [2.45, 2.75) is 12.8 Å². The van der Waals surface area contributed by atoms with E-state index in [1.807, 2.05) is 0 Å². The van der Waals surface area contributed by atoms with Gasteiger partial charge in [0.05, 0.1) is 11.0 Å². The van der Waals surface area contributed by atoms with Gasteiger partial charge in [-0.25, -0.2) is 4.39 Å². The quantitative estimate of drug-likeness (QED) is 0.746. The zero-order valence-electron chi connectivity index (χ0n) is 15.1. The fourth-order valence-corrected chi connectivity index (χ4v) is 3.21. The van der Waals surface area contributed by atoms with Gasteiger partial charge in [-0.15, -0.1) is 0 Å². The molecule has 1 amide bonds. The Labute approximate surface area is 161 Å². The number of rotatable bonds is 6. The van der Waals surface area contributed by atoms with Crippen LogP contribution in [0.4, 0.5) is 4.39 Å². The van der Waals surface area contributed by atoms with Gasteiger partial charge in [-0.3, -0.25) is 14.4 Å². The van der Waals surface area contributed by atoms with Crippen molar-refractivity contribution < 1.29 is 28.6 Å². The van der Waals surface area contributed by atoms with Crippen molar-refractivity contribution in [2.24, 2.45) is 5.41 Å². The number of nitrogens with one attached hydrogen (secondary N) is 1. The van der Waals surface area contributed by atoms with Gasteiger partial charge in [-0.1, -0.05) is 18.2 Å². The molecule has 0 bridgehead atoms. The van der Waals surface area contributed by atoms with Gasteiger partial charge in [-0.05, 0) is 43.2 Å². The lowest BCUT2D eigenvalue weighted by Gasteiger charge is -2.33. The number of carboxylic acid groups (broad SMARTS) is 1. The lowest BCUT2D eigenvalue weighted by molar-refractivity contribution is -0.154. The van der Waals surface area contributed by atoms with E-state index in [4.69, 9.17) is 4.74 Å². The Balaban J connectivity index is 1.80. The maximum Gasteiger partial charge on any atom is 0.311 e. The molecule has 1 fully saturated rings. The van der Waals surface area contributed by atoms with E-state index < -0.39 is 28.9 Å². The second-order valence-electron chi connectivity index (χ2n) is 6.76. The van der Waals surface area contributed by atoms with Crippen LogP contribution in [0.25, 0.3) is 0 Å². The molecule has 1 heterocycles. The molecule has 1 aliphatic rings. The Kier molecular flexibility index (Phi) is 5.84. The number of ether oxygens (including phenoxy) is 1. The maximum atomic E-state index is 13.1. The molecule has 6 nitrogen and oxygen atoms in total. The van der Waals surface area contributed by atoms with Gasteiger partial charge >= 0.3 is 5.97 Å². The Morgan fingerprint density at radius 2 is 1.61 bits per heavy atom. The number of hydrogen-bond donors (Lipinski definition) is 2. The molecule has 2 aromatic carbocycles. The number of hydrogen-bond acceptors (Lipinski definition) is 4. The van der Waals surface area contributed by atoms with E-state index in [1.54, 1.807) is 12.1 Å². The van der Waals surface area contributed by atoms with Crippen molar-refractivity contribution >= 4 is 17.7 Å². The molecule has 0 aromatic heterocycles. The highest BCUT2D eigenvalue weighted by atomic mass is 19.1. The first-order valence-electron chi connectivity index (χ1n) is 8.92. The second kappa shape index (κ2) is 8.31. The number of amides is 1. The summed E-state index contributed by atoms with van der Waals surface area (Å²) in [4.78, 5) is 37.2. The molecule has 3 rings (SSSR count). The number of aliphatic carboxylic acids is 1. The molecular formula is C21H20FNO5. The molecule has 0 unspecified atom stereocenters. The van der Waals surface area contributed by atoms with E-state index in [0.29, 0.717) is 26.1 Å². The van der Waals surface area contributed by atoms with E-state index in [2.05, 4.69) is 5.32 Å². The Morgan fingerprint density at radius 3 is 2.21 bits per heavy atom. The van der Waals surface area contributed by atoms with Crippen LogP contribution < -0.4 is 5.32 Å². The summed E-state index contributed by atoms with van der Waals surface area (Å²) in [6.45, 7) is 0.590. The van der Waals surface area contributed by atoms with Crippen molar-refractivity contribution in [1.82, 2.24) is 5.32 Å². The molecule has 0 atom stereocenters. The number of carboxylic acids is 1. The molecule has 0 saturated carbocycles. The average Bonchev–Trinajstić information content (AvgIpc) is 2.72. The van der Waals surface area contributed by atoms with Crippen LogP contribution in [0.5, 0.6) is 0 Å². The summed E-state index contributed by atoms with van der Waals surface area (Å²) < 4.78 is 18.3. The van der Waals surface area contributed by atoms with E-state index in [1.165, 1.54) is 36.4 Å². The molecule has 28 heavy (non-hydrogen) atoms.